The molecule has 0 aliphatic carbocycles. The van der Waals surface area contributed by atoms with Crippen molar-refractivity contribution in [1.82, 2.24) is 19.9 Å². The minimum atomic E-state index is -0.107. The van der Waals surface area contributed by atoms with E-state index >= 15 is 0 Å². The van der Waals surface area contributed by atoms with Crippen LogP contribution in [0, 0.1) is 0 Å². The summed E-state index contributed by atoms with van der Waals surface area (Å²) in [6, 6.07) is 20.9. The fraction of sp³-hybridized carbons (Fsp3) is 0.259. The second-order valence-corrected chi connectivity index (χ2v) is 8.67. The minimum absolute atomic E-state index is 0.0172. The third kappa shape index (κ3) is 4.73. The SMILES string of the molecule is COc1cccc(-c2nc(CC(=O)N3CCN(C(=O)c4ccc5ccccc5c4)C(C)C3)no2)c1. The molecule has 0 radical (unpaired) electrons. The molecule has 1 aromatic heterocycles. The minimum Gasteiger partial charge on any atom is -0.497 e. The molecule has 8 heteroatoms. The molecule has 2 amide bonds. The lowest BCUT2D eigenvalue weighted by atomic mass is 10.0. The first-order chi connectivity index (χ1) is 17.0. The average Bonchev–Trinajstić information content (AvgIpc) is 3.36. The van der Waals surface area contributed by atoms with Gasteiger partial charge in [0.2, 0.25) is 5.91 Å². The van der Waals surface area contributed by atoms with Gasteiger partial charge in [0, 0.05) is 36.8 Å². The van der Waals surface area contributed by atoms with Crippen molar-refractivity contribution in [3.63, 3.8) is 0 Å². The quantitative estimate of drug-likeness (QED) is 0.441. The smallest absolute Gasteiger partial charge is 0.258 e. The van der Waals surface area contributed by atoms with Crippen LogP contribution in [0.25, 0.3) is 22.2 Å². The van der Waals surface area contributed by atoms with Crippen LogP contribution in [0.15, 0.2) is 71.3 Å². The molecule has 4 aromatic rings. The van der Waals surface area contributed by atoms with E-state index in [9.17, 15) is 9.59 Å². The number of amides is 2. The standard InChI is InChI=1S/C27H26N4O4/c1-18-17-30(12-13-31(18)27(33)22-11-10-19-6-3-4-7-20(19)14-22)25(32)16-24-28-26(35-29-24)21-8-5-9-23(15-21)34-2/h3-11,14-15,18H,12-13,16-17H2,1-2H3. The summed E-state index contributed by atoms with van der Waals surface area (Å²) in [6.07, 6.45) is 0.0405. The van der Waals surface area contributed by atoms with E-state index in [1.807, 2.05) is 72.5 Å². The molecule has 0 bridgehead atoms. The molecule has 0 saturated carbocycles. The van der Waals surface area contributed by atoms with E-state index in [0.29, 0.717) is 42.7 Å². The summed E-state index contributed by atoms with van der Waals surface area (Å²) in [5.74, 6) is 1.24. The molecule has 2 heterocycles. The van der Waals surface area contributed by atoms with E-state index in [0.717, 1.165) is 16.3 Å². The Morgan fingerprint density at radius 2 is 1.86 bits per heavy atom. The highest BCUT2D eigenvalue weighted by atomic mass is 16.5. The molecule has 3 aromatic carbocycles. The first-order valence-electron chi connectivity index (χ1n) is 11.6. The van der Waals surface area contributed by atoms with Gasteiger partial charge in [0.1, 0.15) is 5.75 Å². The van der Waals surface area contributed by atoms with Gasteiger partial charge in [0.25, 0.3) is 11.8 Å². The van der Waals surface area contributed by atoms with E-state index in [-0.39, 0.29) is 24.3 Å². The van der Waals surface area contributed by atoms with Gasteiger partial charge in [-0.05, 0) is 48.0 Å². The predicted octanol–water partition coefficient (Wildman–Crippen LogP) is 3.81. The first kappa shape index (κ1) is 22.6. The van der Waals surface area contributed by atoms with Crippen molar-refractivity contribution in [3.05, 3.63) is 78.1 Å². The molecule has 1 unspecified atom stereocenters. The van der Waals surface area contributed by atoms with E-state index in [4.69, 9.17) is 9.26 Å². The summed E-state index contributed by atoms with van der Waals surface area (Å²) in [5.41, 5.74) is 1.39. The fourth-order valence-electron chi connectivity index (χ4n) is 4.42. The molecular weight excluding hydrogens is 444 g/mol. The number of nitrogens with zero attached hydrogens (tertiary/aromatic N) is 4. The molecule has 1 aliphatic rings. The fourth-order valence-corrected chi connectivity index (χ4v) is 4.42. The molecule has 1 atom stereocenters. The maximum absolute atomic E-state index is 13.2. The van der Waals surface area contributed by atoms with Gasteiger partial charge in [-0.1, -0.05) is 41.6 Å². The topological polar surface area (TPSA) is 88.8 Å². The average molecular weight is 471 g/mol. The highest BCUT2D eigenvalue weighted by Gasteiger charge is 2.31. The molecule has 1 fully saturated rings. The van der Waals surface area contributed by atoms with Crippen molar-refractivity contribution in [2.45, 2.75) is 19.4 Å². The number of benzene rings is 3. The number of carbonyl (C=O) groups is 2. The largest absolute Gasteiger partial charge is 0.497 e. The number of carbonyl (C=O) groups excluding carboxylic acids is 2. The van der Waals surface area contributed by atoms with Gasteiger partial charge in [-0.2, -0.15) is 4.98 Å². The predicted molar refractivity (Wildman–Crippen MR) is 131 cm³/mol. The first-order valence-corrected chi connectivity index (χ1v) is 11.6. The number of aromatic nitrogens is 2. The number of hydrogen-bond acceptors (Lipinski definition) is 6. The zero-order chi connectivity index (χ0) is 24.4. The zero-order valence-corrected chi connectivity index (χ0v) is 19.7. The molecule has 1 aliphatic heterocycles. The maximum atomic E-state index is 13.2. The van der Waals surface area contributed by atoms with Gasteiger partial charge < -0.3 is 19.1 Å². The Morgan fingerprint density at radius 3 is 2.66 bits per heavy atom. The lowest BCUT2D eigenvalue weighted by Crippen LogP contribution is -2.55. The van der Waals surface area contributed by atoms with Gasteiger partial charge in [-0.3, -0.25) is 9.59 Å². The molecule has 35 heavy (non-hydrogen) atoms. The van der Waals surface area contributed by atoms with E-state index in [1.165, 1.54) is 0 Å². The van der Waals surface area contributed by atoms with E-state index in [2.05, 4.69) is 10.1 Å². The van der Waals surface area contributed by atoms with Crippen molar-refractivity contribution < 1.29 is 18.8 Å². The van der Waals surface area contributed by atoms with Crippen LogP contribution in [0.5, 0.6) is 5.75 Å². The lowest BCUT2D eigenvalue weighted by Gasteiger charge is -2.40. The van der Waals surface area contributed by atoms with Gasteiger partial charge in [0.05, 0.1) is 13.5 Å². The van der Waals surface area contributed by atoms with Crippen LogP contribution in [0.4, 0.5) is 0 Å². The molecule has 1 saturated heterocycles. The highest BCUT2D eigenvalue weighted by Crippen LogP contribution is 2.23. The summed E-state index contributed by atoms with van der Waals surface area (Å²) >= 11 is 0. The Bertz CT molecular complexity index is 1380. The Balaban J connectivity index is 1.21. The van der Waals surface area contributed by atoms with Gasteiger partial charge in [-0.15, -0.1) is 0 Å². The number of rotatable bonds is 5. The van der Waals surface area contributed by atoms with Gasteiger partial charge in [0.15, 0.2) is 5.82 Å². The van der Waals surface area contributed by atoms with Crippen molar-refractivity contribution in [1.29, 1.82) is 0 Å². The second kappa shape index (κ2) is 9.58. The molecular formula is C27H26N4O4. The van der Waals surface area contributed by atoms with Crippen LogP contribution in [0.3, 0.4) is 0 Å². The highest BCUT2D eigenvalue weighted by molar-refractivity contribution is 5.99. The van der Waals surface area contributed by atoms with E-state index in [1.54, 1.807) is 18.1 Å². The summed E-state index contributed by atoms with van der Waals surface area (Å²) in [5, 5.41) is 6.11. The normalized spacial score (nSPS) is 15.9. The Morgan fingerprint density at radius 1 is 1.03 bits per heavy atom. The number of fused-ring (bicyclic) bond motifs is 1. The molecule has 8 nitrogen and oxygen atoms in total. The van der Waals surface area contributed by atoms with Crippen molar-refractivity contribution >= 4 is 22.6 Å². The number of ether oxygens (including phenoxy) is 1. The lowest BCUT2D eigenvalue weighted by molar-refractivity contribution is -0.133. The van der Waals surface area contributed by atoms with Crippen molar-refractivity contribution in [3.8, 4) is 17.2 Å². The van der Waals surface area contributed by atoms with Crippen molar-refractivity contribution in [2.24, 2.45) is 0 Å². The molecule has 0 N–H and O–H groups in total. The Kier molecular flexibility index (Phi) is 6.18. The summed E-state index contributed by atoms with van der Waals surface area (Å²) in [7, 11) is 1.59. The van der Waals surface area contributed by atoms with Crippen LogP contribution >= 0.6 is 0 Å². The third-order valence-electron chi connectivity index (χ3n) is 6.33. The van der Waals surface area contributed by atoms with Crippen LogP contribution in [0.1, 0.15) is 23.1 Å². The Hall–Kier alpha value is -4.20. The van der Waals surface area contributed by atoms with E-state index < -0.39 is 0 Å². The van der Waals surface area contributed by atoms with Crippen LogP contribution in [0.2, 0.25) is 0 Å². The molecule has 178 valence electrons. The van der Waals surface area contributed by atoms with Crippen molar-refractivity contribution in [2.75, 3.05) is 26.7 Å². The number of hydrogen-bond donors (Lipinski definition) is 0. The third-order valence-corrected chi connectivity index (χ3v) is 6.33. The second-order valence-electron chi connectivity index (χ2n) is 8.67. The number of methoxy groups -OCH3 is 1. The zero-order valence-electron chi connectivity index (χ0n) is 19.7. The monoisotopic (exact) mass is 470 g/mol. The molecule has 5 rings (SSSR count). The van der Waals surface area contributed by atoms with Gasteiger partial charge >= 0.3 is 0 Å². The van der Waals surface area contributed by atoms with Gasteiger partial charge in [-0.25, -0.2) is 0 Å². The maximum Gasteiger partial charge on any atom is 0.258 e. The summed E-state index contributed by atoms with van der Waals surface area (Å²) < 4.78 is 10.6. The summed E-state index contributed by atoms with van der Waals surface area (Å²) in [6.45, 7) is 3.36. The number of piperazine rings is 1. The Labute approximate surface area is 203 Å². The van der Waals surface area contributed by atoms with Crippen LogP contribution < -0.4 is 4.74 Å². The van der Waals surface area contributed by atoms with Crippen LogP contribution in [-0.4, -0.2) is 64.5 Å². The molecule has 0 spiro atoms. The van der Waals surface area contributed by atoms with Crippen LogP contribution in [-0.2, 0) is 11.2 Å². The summed E-state index contributed by atoms with van der Waals surface area (Å²) in [4.78, 5) is 34.1.